The van der Waals surface area contributed by atoms with E-state index in [0.717, 1.165) is 36.4 Å². The van der Waals surface area contributed by atoms with E-state index in [1.54, 1.807) is 0 Å². The molecule has 1 saturated carbocycles. The highest BCUT2D eigenvalue weighted by Gasteiger charge is 2.39. The Bertz CT molecular complexity index is 910. The minimum atomic E-state index is 0.278. The molecule has 2 heterocycles. The van der Waals surface area contributed by atoms with Gasteiger partial charge in [-0.2, -0.15) is 0 Å². The van der Waals surface area contributed by atoms with Crippen LogP contribution in [0.5, 0.6) is 5.75 Å². The summed E-state index contributed by atoms with van der Waals surface area (Å²) in [5, 5.41) is 4.91. The van der Waals surface area contributed by atoms with Gasteiger partial charge in [-0.3, -0.25) is 0 Å². The second-order valence-electron chi connectivity index (χ2n) is 8.70. The lowest BCUT2D eigenvalue weighted by Gasteiger charge is -2.34. The third-order valence-corrected chi connectivity index (χ3v) is 7.48. The van der Waals surface area contributed by atoms with Gasteiger partial charge >= 0.3 is 0 Å². The van der Waals surface area contributed by atoms with E-state index in [2.05, 4.69) is 29.4 Å². The smallest absolute Gasteiger partial charge is 0.146 e. The van der Waals surface area contributed by atoms with Gasteiger partial charge in [0.1, 0.15) is 11.9 Å². The molecule has 2 atom stereocenters. The van der Waals surface area contributed by atoms with E-state index in [1.807, 2.05) is 18.2 Å². The molecule has 2 aromatic rings. The van der Waals surface area contributed by atoms with Gasteiger partial charge in [0.15, 0.2) is 0 Å². The highest BCUT2D eigenvalue weighted by Crippen LogP contribution is 2.49. The van der Waals surface area contributed by atoms with Crippen LogP contribution in [-0.2, 0) is 0 Å². The molecule has 0 aromatic heterocycles. The maximum Gasteiger partial charge on any atom is 0.146 e. The van der Waals surface area contributed by atoms with Crippen molar-refractivity contribution in [3.8, 4) is 16.9 Å². The zero-order valence-corrected chi connectivity index (χ0v) is 18.4. The van der Waals surface area contributed by atoms with Gasteiger partial charge in [0.2, 0.25) is 0 Å². The summed E-state index contributed by atoms with van der Waals surface area (Å²) in [5.41, 5.74) is 4.72. The van der Waals surface area contributed by atoms with Crippen LogP contribution in [0.1, 0.15) is 50.0 Å². The van der Waals surface area contributed by atoms with Crippen molar-refractivity contribution in [2.24, 2.45) is 0 Å². The van der Waals surface area contributed by atoms with Crippen LogP contribution in [0.4, 0.5) is 5.69 Å². The number of hydrogen-bond acceptors (Lipinski definition) is 3. The number of benzene rings is 2. The Hall–Kier alpha value is -1.42. The van der Waals surface area contributed by atoms with Crippen LogP contribution in [0.25, 0.3) is 11.1 Å². The Kier molecular flexibility index (Phi) is 5.40. The Labute approximate surface area is 183 Å². The van der Waals surface area contributed by atoms with E-state index in [0.29, 0.717) is 22.0 Å². The molecular formula is C24H28Cl2N2O. The SMILES string of the molecule is CN(c1cc(-c2ccc(Cl)cc2Cl)cc2c1O[C@H]1CCNCC21)C1CCCCC1. The molecule has 1 aliphatic carbocycles. The number of nitrogens with zero attached hydrogens (tertiary/aromatic N) is 1. The van der Waals surface area contributed by atoms with Gasteiger partial charge in [0, 0.05) is 46.7 Å². The van der Waals surface area contributed by atoms with Crippen LogP contribution in [0, 0.1) is 0 Å². The predicted octanol–water partition coefficient (Wildman–Crippen LogP) is 6.27. The quantitative estimate of drug-likeness (QED) is 0.620. The summed E-state index contributed by atoms with van der Waals surface area (Å²) in [6.45, 7) is 2.00. The number of halogens is 2. The molecule has 29 heavy (non-hydrogen) atoms. The number of ether oxygens (including phenoxy) is 1. The Morgan fingerprint density at radius 1 is 1.03 bits per heavy atom. The normalized spacial score (nSPS) is 24.0. The number of nitrogens with one attached hydrogen (secondary N) is 1. The van der Waals surface area contributed by atoms with E-state index < -0.39 is 0 Å². The predicted molar refractivity (Wildman–Crippen MR) is 122 cm³/mol. The molecular weight excluding hydrogens is 403 g/mol. The van der Waals surface area contributed by atoms with E-state index in [1.165, 1.54) is 43.4 Å². The Morgan fingerprint density at radius 2 is 1.86 bits per heavy atom. The summed E-state index contributed by atoms with van der Waals surface area (Å²) >= 11 is 12.7. The number of anilines is 1. The first kappa shape index (κ1) is 19.5. The maximum absolute atomic E-state index is 6.59. The molecule has 0 spiro atoms. The number of fused-ring (bicyclic) bond motifs is 3. The summed E-state index contributed by atoms with van der Waals surface area (Å²) in [6.07, 6.45) is 7.84. The van der Waals surface area contributed by atoms with E-state index in [4.69, 9.17) is 27.9 Å². The van der Waals surface area contributed by atoms with Crippen LogP contribution < -0.4 is 15.0 Å². The molecule has 2 aliphatic heterocycles. The first-order valence-corrected chi connectivity index (χ1v) is 11.6. The molecule has 3 aliphatic rings. The fourth-order valence-corrected chi connectivity index (χ4v) is 5.80. The Morgan fingerprint density at radius 3 is 2.66 bits per heavy atom. The standard InChI is InChI=1S/C24H28Cl2N2O/c1-28(17-5-3-2-4-6-17)22-12-15(18-8-7-16(25)13-21(18)26)11-19-20-14-27-10-9-23(20)29-24(19)22/h7-8,11-13,17,20,23,27H,2-6,9-10,14H2,1H3/t20?,23-/m0/s1. The van der Waals surface area contributed by atoms with Crippen LogP contribution in [-0.4, -0.2) is 32.3 Å². The molecule has 1 unspecified atom stereocenters. The van der Waals surface area contributed by atoms with E-state index in [-0.39, 0.29) is 6.10 Å². The van der Waals surface area contributed by atoms with Gasteiger partial charge in [0.25, 0.3) is 0 Å². The van der Waals surface area contributed by atoms with Crippen molar-refractivity contribution in [1.29, 1.82) is 0 Å². The van der Waals surface area contributed by atoms with E-state index >= 15 is 0 Å². The molecule has 154 valence electrons. The van der Waals surface area contributed by atoms with Crippen molar-refractivity contribution >= 4 is 28.9 Å². The van der Waals surface area contributed by atoms with Gasteiger partial charge in [-0.15, -0.1) is 0 Å². The van der Waals surface area contributed by atoms with Crippen molar-refractivity contribution in [3.63, 3.8) is 0 Å². The molecule has 0 bridgehead atoms. The molecule has 2 aromatic carbocycles. The fourth-order valence-electron chi connectivity index (χ4n) is 5.28. The highest BCUT2D eigenvalue weighted by atomic mass is 35.5. The average Bonchev–Trinajstić information content (AvgIpc) is 3.12. The van der Waals surface area contributed by atoms with Gasteiger partial charge in [-0.25, -0.2) is 0 Å². The minimum absolute atomic E-state index is 0.278. The third kappa shape index (κ3) is 3.62. The zero-order chi connectivity index (χ0) is 20.0. The van der Waals surface area contributed by atoms with Crippen molar-refractivity contribution < 1.29 is 4.74 Å². The van der Waals surface area contributed by atoms with Crippen LogP contribution in [0.15, 0.2) is 30.3 Å². The lowest BCUT2D eigenvalue weighted by molar-refractivity contribution is 0.172. The van der Waals surface area contributed by atoms with Crippen molar-refractivity contribution in [2.45, 2.75) is 56.6 Å². The van der Waals surface area contributed by atoms with Crippen molar-refractivity contribution in [3.05, 3.63) is 45.9 Å². The first-order chi connectivity index (χ1) is 14.1. The zero-order valence-electron chi connectivity index (χ0n) is 16.9. The summed E-state index contributed by atoms with van der Waals surface area (Å²) in [7, 11) is 2.24. The summed E-state index contributed by atoms with van der Waals surface area (Å²) in [4.78, 5) is 2.47. The van der Waals surface area contributed by atoms with Crippen LogP contribution >= 0.6 is 23.2 Å². The third-order valence-electron chi connectivity index (χ3n) is 6.93. The largest absolute Gasteiger partial charge is 0.487 e. The fraction of sp³-hybridized carbons (Fsp3) is 0.500. The molecule has 3 nitrogen and oxygen atoms in total. The second-order valence-corrected chi connectivity index (χ2v) is 9.54. The van der Waals surface area contributed by atoms with Gasteiger partial charge in [-0.05, 0) is 55.6 Å². The van der Waals surface area contributed by atoms with Gasteiger partial charge < -0.3 is 15.0 Å². The van der Waals surface area contributed by atoms with Crippen molar-refractivity contribution in [1.82, 2.24) is 5.32 Å². The van der Waals surface area contributed by atoms with E-state index in [9.17, 15) is 0 Å². The van der Waals surface area contributed by atoms with Crippen molar-refractivity contribution in [2.75, 3.05) is 25.0 Å². The van der Waals surface area contributed by atoms with Gasteiger partial charge in [0.05, 0.1) is 5.69 Å². The molecule has 5 rings (SSSR count). The summed E-state index contributed by atoms with van der Waals surface area (Å²) < 4.78 is 6.56. The molecule has 1 saturated heterocycles. The minimum Gasteiger partial charge on any atom is -0.487 e. The summed E-state index contributed by atoms with van der Waals surface area (Å²) in [6, 6.07) is 10.9. The monoisotopic (exact) mass is 430 g/mol. The van der Waals surface area contributed by atoms with Gasteiger partial charge in [-0.1, -0.05) is 48.5 Å². The lowest BCUT2D eigenvalue weighted by Crippen LogP contribution is -2.37. The number of piperidine rings is 1. The molecule has 2 fully saturated rings. The number of rotatable bonds is 3. The Balaban J connectivity index is 1.62. The molecule has 0 radical (unpaired) electrons. The first-order valence-electron chi connectivity index (χ1n) is 10.9. The topological polar surface area (TPSA) is 24.5 Å². The second kappa shape index (κ2) is 8.02. The summed E-state index contributed by atoms with van der Waals surface area (Å²) in [5.74, 6) is 1.49. The average molecular weight is 431 g/mol. The highest BCUT2D eigenvalue weighted by molar-refractivity contribution is 6.36. The molecule has 5 heteroatoms. The number of hydrogen-bond donors (Lipinski definition) is 1. The molecule has 0 amide bonds. The van der Waals surface area contributed by atoms with Crippen LogP contribution in [0.3, 0.4) is 0 Å². The lowest BCUT2D eigenvalue weighted by atomic mass is 9.88. The maximum atomic E-state index is 6.59. The molecule has 1 N–H and O–H groups in total. The van der Waals surface area contributed by atoms with Crippen LogP contribution in [0.2, 0.25) is 10.0 Å².